The molecule has 16 aromatic rings. The Bertz CT molecular complexity index is 5150. The first-order valence-electron chi connectivity index (χ1n) is 25.4. The van der Waals surface area contributed by atoms with Crippen molar-refractivity contribution in [1.29, 1.82) is 0 Å². The second-order valence-electron chi connectivity index (χ2n) is 20.2. The molecule has 1 aromatic heterocycles. The lowest BCUT2D eigenvalue weighted by Crippen LogP contribution is -2.00. The van der Waals surface area contributed by atoms with Gasteiger partial charge < -0.3 is 0 Å². The van der Waals surface area contributed by atoms with E-state index in [1.807, 2.05) is 11.3 Å². The van der Waals surface area contributed by atoms with Crippen LogP contribution in [0.4, 0.5) is 0 Å². The smallest absolute Gasteiger partial charge is 0.0355 e. The summed E-state index contributed by atoms with van der Waals surface area (Å²) >= 11 is 1.88. The minimum absolute atomic E-state index is 1.21. The minimum atomic E-state index is 1.21. The summed E-state index contributed by atoms with van der Waals surface area (Å²) in [5, 5.41) is 25.6. The third kappa shape index (κ3) is 5.49. The summed E-state index contributed by atoms with van der Waals surface area (Å²) in [6.45, 7) is 0. The molecule has 0 spiro atoms. The largest absolute Gasteiger partial charge is 0.135 e. The first kappa shape index (κ1) is 39.6. The first-order chi connectivity index (χ1) is 36.2. The first-order valence-corrected chi connectivity index (χ1v) is 26.2. The number of hydrogen-bond donors (Lipinski definition) is 0. The molecule has 1 aliphatic carbocycles. The van der Waals surface area contributed by atoms with Crippen molar-refractivity contribution in [2.75, 3.05) is 0 Å². The quantitative estimate of drug-likeness (QED) is 0.144. The van der Waals surface area contributed by atoms with Gasteiger partial charge in [-0.25, -0.2) is 0 Å². The fourth-order valence-electron chi connectivity index (χ4n) is 13.3. The van der Waals surface area contributed by atoms with Crippen LogP contribution in [0.1, 0.15) is 0 Å². The van der Waals surface area contributed by atoms with Gasteiger partial charge in [0, 0.05) is 20.2 Å². The van der Waals surface area contributed by atoms with Gasteiger partial charge in [0.15, 0.2) is 0 Å². The van der Waals surface area contributed by atoms with Gasteiger partial charge in [0.2, 0.25) is 0 Å². The molecule has 1 heteroatoms. The molecule has 1 aliphatic rings. The van der Waals surface area contributed by atoms with Gasteiger partial charge in [-0.1, -0.05) is 182 Å². The average molecular weight is 937 g/mol. The molecule has 0 atom stereocenters. The molecule has 0 saturated heterocycles. The molecule has 0 radical (unpaired) electrons. The maximum Gasteiger partial charge on any atom is 0.0355 e. The van der Waals surface area contributed by atoms with Gasteiger partial charge in [-0.3, -0.25) is 0 Å². The van der Waals surface area contributed by atoms with Crippen molar-refractivity contribution in [1.82, 2.24) is 0 Å². The predicted octanol–water partition coefficient (Wildman–Crippen LogP) is 21.1. The highest BCUT2D eigenvalue weighted by Gasteiger charge is 2.27. The Balaban J connectivity index is 1.09. The molecular weight excluding hydrogens is 897 g/mol. The molecular formula is C72H40S. The lowest BCUT2D eigenvalue weighted by atomic mass is 9.76. The van der Waals surface area contributed by atoms with Crippen molar-refractivity contribution in [2.24, 2.45) is 0 Å². The van der Waals surface area contributed by atoms with Gasteiger partial charge in [-0.15, -0.1) is 11.3 Å². The van der Waals surface area contributed by atoms with Crippen LogP contribution in [0.2, 0.25) is 0 Å². The summed E-state index contributed by atoms with van der Waals surface area (Å²) in [4.78, 5) is 0. The zero-order valence-corrected chi connectivity index (χ0v) is 40.3. The van der Waals surface area contributed by atoms with Gasteiger partial charge in [-0.2, -0.15) is 0 Å². The fourth-order valence-corrected chi connectivity index (χ4v) is 14.4. The molecule has 0 nitrogen and oxygen atoms in total. The number of fused-ring (bicyclic) bond motifs is 29. The number of hydrogen-bond acceptors (Lipinski definition) is 1. The molecule has 0 N–H and O–H groups in total. The Labute approximate surface area is 424 Å². The van der Waals surface area contributed by atoms with Crippen LogP contribution in [0.25, 0.3) is 173 Å². The van der Waals surface area contributed by atoms with Crippen LogP contribution < -0.4 is 0 Å². The van der Waals surface area contributed by atoms with Gasteiger partial charge in [0.05, 0.1) is 0 Å². The molecule has 0 unspecified atom stereocenters. The van der Waals surface area contributed by atoms with Gasteiger partial charge in [-0.05, 0) is 213 Å². The molecule has 0 saturated carbocycles. The van der Waals surface area contributed by atoms with Crippen LogP contribution >= 0.6 is 11.3 Å². The monoisotopic (exact) mass is 936 g/mol. The summed E-state index contributed by atoms with van der Waals surface area (Å²) in [6, 6.07) is 92.7. The third-order valence-corrected chi connectivity index (χ3v) is 17.7. The molecule has 0 bridgehead atoms. The van der Waals surface area contributed by atoms with Gasteiger partial charge in [0.1, 0.15) is 0 Å². The number of rotatable bonds is 1. The molecule has 0 fully saturated rings. The lowest BCUT2D eigenvalue weighted by Gasteiger charge is -2.27. The third-order valence-electron chi connectivity index (χ3n) is 16.5. The highest BCUT2D eigenvalue weighted by Crippen LogP contribution is 2.54. The Hall–Kier alpha value is -9.14. The average Bonchev–Trinajstić information content (AvgIpc) is 3.84. The molecule has 334 valence electrons. The molecule has 15 aromatic carbocycles. The highest BCUT2D eigenvalue weighted by atomic mass is 32.1. The maximum absolute atomic E-state index is 2.56. The Kier molecular flexibility index (Phi) is 7.97. The summed E-state index contributed by atoms with van der Waals surface area (Å²) in [5.41, 5.74) is 12.4. The molecule has 73 heavy (non-hydrogen) atoms. The van der Waals surface area contributed by atoms with Crippen LogP contribution in [0, 0.1) is 0 Å². The lowest BCUT2D eigenvalue weighted by molar-refractivity contribution is 1.56. The van der Waals surface area contributed by atoms with E-state index in [1.165, 1.54) is 173 Å². The van der Waals surface area contributed by atoms with Gasteiger partial charge in [0.25, 0.3) is 0 Å². The SMILES string of the molecule is c1ccc2c(c1)sc1ccc(-c3ccc4c(c3)-c3cc5c6ccccc6c6ccccc6c5cc3-c3cc5c6ccccc6c6ccccc6c5cc3-c3cc5c6ccccc6c6ccccc6c5cc3-4)cc12. The minimum Gasteiger partial charge on any atom is -0.135 e. The summed E-state index contributed by atoms with van der Waals surface area (Å²) in [7, 11) is 0. The second kappa shape index (κ2) is 14.7. The Morgan fingerprint density at radius 1 is 0.151 bits per heavy atom. The fraction of sp³-hybridized carbons (Fsp3) is 0. The molecule has 0 amide bonds. The van der Waals surface area contributed by atoms with Crippen LogP contribution in [0.5, 0.6) is 0 Å². The topological polar surface area (TPSA) is 0 Å². The molecule has 0 aliphatic heterocycles. The van der Waals surface area contributed by atoms with Crippen LogP contribution in [-0.2, 0) is 0 Å². The predicted molar refractivity (Wildman–Crippen MR) is 318 cm³/mol. The standard InChI is InChI=1S/C72H40S/c1-7-21-49-43(15-1)44-16-3-9-23-51(44)60-37-66-64(35-58(49)60)55-31-29-41(42-30-32-72-70(34-42)56-27-13-14-28-71(56)73-72)33-57(55)65-36-59-50-22-8-2-17-45(50)46-18-4-10-24-52(46)61(59)38-67(65)69-40-63-54-26-12-6-20-48(54)47-19-5-11-25-53(47)62(63)39-68(66)69/h1-40H. The molecule has 1 heterocycles. The van der Waals surface area contributed by atoms with E-state index in [1.54, 1.807) is 0 Å². The van der Waals surface area contributed by atoms with Crippen LogP contribution in [-0.4, -0.2) is 0 Å². The zero-order chi connectivity index (χ0) is 47.5. The zero-order valence-electron chi connectivity index (χ0n) is 39.5. The maximum atomic E-state index is 2.56. The van der Waals surface area contributed by atoms with Crippen molar-refractivity contribution in [3.63, 3.8) is 0 Å². The Morgan fingerprint density at radius 2 is 0.397 bits per heavy atom. The van der Waals surface area contributed by atoms with E-state index in [-0.39, 0.29) is 0 Å². The van der Waals surface area contributed by atoms with E-state index in [0.29, 0.717) is 0 Å². The van der Waals surface area contributed by atoms with E-state index >= 15 is 0 Å². The normalized spacial score (nSPS) is 12.4. The molecule has 17 rings (SSSR count). The number of thiophene rings is 1. The van der Waals surface area contributed by atoms with Crippen molar-refractivity contribution in [3.05, 3.63) is 243 Å². The van der Waals surface area contributed by atoms with Crippen molar-refractivity contribution < 1.29 is 0 Å². The van der Waals surface area contributed by atoms with E-state index in [4.69, 9.17) is 0 Å². The highest BCUT2D eigenvalue weighted by molar-refractivity contribution is 7.25. The summed E-state index contributed by atoms with van der Waals surface area (Å²) < 4.78 is 2.64. The van der Waals surface area contributed by atoms with E-state index in [2.05, 4.69) is 243 Å². The van der Waals surface area contributed by atoms with Crippen molar-refractivity contribution in [3.8, 4) is 55.6 Å². The van der Waals surface area contributed by atoms with Crippen LogP contribution in [0.15, 0.2) is 243 Å². The van der Waals surface area contributed by atoms with Crippen molar-refractivity contribution >= 4 is 128 Å². The summed E-state index contributed by atoms with van der Waals surface area (Å²) in [6.07, 6.45) is 0. The summed E-state index contributed by atoms with van der Waals surface area (Å²) in [5.74, 6) is 0. The van der Waals surface area contributed by atoms with E-state index in [9.17, 15) is 0 Å². The van der Waals surface area contributed by atoms with E-state index in [0.717, 1.165) is 0 Å². The second-order valence-corrected chi connectivity index (χ2v) is 21.3. The number of benzene rings is 15. The van der Waals surface area contributed by atoms with Crippen LogP contribution in [0.3, 0.4) is 0 Å². The van der Waals surface area contributed by atoms with E-state index < -0.39 is 0 Å². The van der Waals surface area contributed by atoms with Gasteiger partial charge >= 0.3 is 0 Å². The van der Waals surface area contributed by atoms with Crippen molar-refractivity contribution in [2.45, 2.75) is 0 Å². The Morgan fingerprint density at radius 3 is 0.753 bits per heavy atom.